The first-order valence-electron chi connectivity index (χ1n) is 7.60. The topological polar surface area (TPSA) is 98.9 Å². The van der Waals surface area contributed by atoms with Gasteiger partial charge in [-0.3, -0.25) is 0 Å². The molecule has 0 fully saturated rings. The van der Waals surface area contributed by atoms with Gasteiger partial charge >= 0.3 is 27.2 Å². The molecule has 124 valence electrons. The summed E-state index contributed by atoms with van der Waals surface area (Å²) in [4.78, 5) is 34.8. The molecule has 5 aliphatic heterocycles. The quantitative estimate of drug-likeness (QED) is 0.528. The van der Waals surface area contributed by atoms with E-state index in [1.807, 2.05) is 0 Å². The summed E-state index contributed by atoms with van der Waals surface area (Å²) in [5.74, 6) is 4.30. The maximum absolute atomic E-state index is 4.83. The predicted octanol–water partition coefficient (Wildman–Crippen LogP) is 1.24. The number of halogens is 1. The molecule has 0 atom stereocenters. The summed E-state index contributed by atoms with van der Waals surface area (Å²) in [7, 11) is 4.83. The summed E-state index contributed by atoms with van der Waals surface area (Å²) in [5, 5.41) is 0. The van der Waals surface area contributed by atoms with Crippen LogP contribution in [0.2, 0.25) is 0 Å². The Bertz CT molecular complexity index is 860. The second kappa shape index (κ2) is 7.24. The van der Waals surface area contributed by atoms with Gasteiger partial charge in [-0.1, -0.05) is 0 Å². The number of aliphatic imine (C=N–C) groups is 8. The van der Waals surface area contributed by atoms with Crippen LogP contribution in [0.1, 0.15) is 0 Å². The van der Waals surface area contributed by atoms with Crippen LogP contribution >= 0.6 is 9.64 Å². The van der Waals surface area contributed by atoms with Gasteiger partial charge in [0, 0.05) is 0 Å². The van der Waals surface area contributed by atoms with Crippen LogP contribution in [0.5, 0.6) is 0 Å². The third-order valence-electron chi connectivity index (χ3n) is 3.36. The Balaban J connectivity index is 0.000000814. The van der Waals surface area contributed by atoms with Gasteiger partial charge in [-0.25, -0.2) is 39.9 Å². The van der Waals surface area contributed by atoms with Gasteiger partial charge in [0.25, 0.3) is 0 Å². The first kappa shape index (κ1) is 16.7. The van der Waals surface area contributed by atoms with Crippen LogP contribution in [0.25, 0.3) is 0 Å². The third kappa shape index (κ3) is 3.59. The molecule has 10 heteroatoms. The molecule has 8 bridgehead atoms. The molecule has 8 nitrogen and oxygen atoms in total. The second-order valence-corrected chi connectivity index (χ2v) is 5.09. The van der Waals surface area contributed by atoms with E-state index in [1.54, 1.807) is 48.6 Å². The Morgan fingerprint density at radius 2 is 0.462 bits per heavy atom. The standard InChI is InChI=1S/C16H8N8.ClH.Ga.2H/c1-2-10-17-9(1)21-11-3-4-13(18-11)23-15-7-8-16(20-15)24-14-6-5-12(19-14)22-10;;;;/h1-8H;1H;;;/q;;+1;;/p-1/b21-9-,21-11?,22-10?,22-12-,23-13-,23-15?,24-14?,24-16-;;;;. The molecule has 0 N–H and O–H groups in total. The number of rotatable bonds is 0. The van der Waals surface area contributed by atoms with Crippen LogP contribution < -0.4 is 0 Å². The van der Waals surface area contributed by atoms with Gasteiger partial charge in [-0.2, -0.15) is 0 Å². The first-order chi connectivity index (χ1) is 12.8. The van der Waals surface area contributed by atoms with Crippen molar-refractivity contribution >= 4 is 73.9 Å². The molecule has 26 heavy (non-hydrogen) atoms. The van der Waals surface area contributed by atoms with Crippen molar-refractivity contribution in [3.63, 3.8) is 0 Å². The Kier molecular flexibility index (Phi) is 4.65. The van der Waals surface area contributed by atoms with Crippen LogP contribution in [-0.2, 0) is 0 Å². The summed E-state index contributed by atoms with van der Waals surface area (Å²) < 4.78 is 0. The second-order valence-electron chi connectivity index (χ2n) is 5.09. The van der Waals surface area contributed by atoms with E-state index in [9.17, 15) is 0 Å². The van der Waals surface area contributed by atoms with E-state index in [0.29, 0.717) is 64.3 Å². The Hall–Kier alpha value is -2.75. The molecule has 0 saturated heterocycles. The van der Waals surface area contributed by atoms with Crippen molar-refractivity contribution in [2.24, 2.45) is 39.9 Å². The Morgan fingerprint density at radius 3 is 0.577 bits per heavy atom. The summed E-state index contributed by atoms with van der Waals surface area (Å²) in [6.45, 7) is 0. The third-order valence-corrected chi connectivity index (χ3v) is 3.36. The van der Waals surface area contributed by atoms with E-state index in [2.05, 4.69) is 39.9 Å². The predicted molar refractivity (Wildman–Crippen MR) is 110 cm³/mol. The minimum absolute atomic E-state index is 0.535. The zero-order valence-corrected chi connectivity index (χ0v) is 18.5. The van der Waals surface area contributed by atoms with Gasteiger partial charge in [0.15, 0.2) is 46.7 Å². The summed E-state index contributed by atoms with van der Waals surface area (Å²) in [6.07, 6.45) is 14.2. The molecule has 0 radical (unpaired) electrons. The van der Waals surface area contributed by atoms with Crippen molar-refractivity contribution in [3.05, 3.63) is 48.6 Å². The Morgan fingerprint density at radius 1 is 0.346 bits per heavy atom. The van der Waals surface area contributed by atoms with Crippen molar-refractivity contribution in [1.29, 1.82) is 0 Å². The van der Waals surface area contributed by atoms with Gasteiger partial charge in [0.1, 0.15) is 0 Å². The summed E-state index contributed by atoms with van der Waals surface area (Å²) in [5.41, 5.74) is 0. The maximum atomic E-state index is 4.83. The number of hydrogen-bond donors (Lipinski definition) is 0. The zero-order valence-electron chi connectivity index (χ0n) is 13.6. The van der Waals surface area contributed by atoms with Gasteiger partial charge < -0.3 is 0 Å². The summed E-state index contributed by atoms with van der Waals surface area (Å²) >= 11 is 0.535. The van der Waals surface area contributed by atoms with Crippen LogP contribution in [-0.4, -0.2) is 64.3 Å². The average molecular weight is 419 g/mol. The fraction of sp³-hybridized carbons (Fsp3) is 0. The van der Waals surface area contributed by atoms with Crippen molar-refractivity contribution in [3.8, 4) is 0 Å². The van der Waals surface area contributed by atoms with Crippen molar-refractivity contribution in [2.45, 2.75) is 0 Å². The van der Waals surface area contributed by atoms with Crippen molar-refractivity contribution < 1.29 is 0 Å². The molecule has 0 aromatic carbocycles. The number of nitrogens with zero attached hydrogens (tertiary/aromatic N) is 8. The Labute approximate surface area is 162 Å². The SMILES string of the molecule is C1=C/C2=N/C3=NC(=N\C4=NC(=N\C5=NC(=N\C1=N2)/C=C5)/C=C4)/C=C3.[Cl][GaH2]. The number of hydrogen-bond acceptors (Lipinski definition) is 8. The van der Waals surface area contributed by atoms with E-state index >= 15 is 0 Å². The number of amidine groups is 8. The fourth-order valence-corrected chi connectivity index (χ4v) is 2.33. The first-order valence-corrected chi connectivity index (χ1v) is 13.1. The number of fused-ring (bicyclic) bond motifs is 4. The van der Waals surface area contributed by atoms with E-state index in [0.717, 1.165) is 0 Å². The molecule has 0 aliphatic carbocycles. The summed E-state index contributed by atoms with van der Waals surface area (Å²) in [6, 6.07) is 0. The fourth-order valence-electron chi connectivity index (χ4n) is 2.33. The molecule has 5 aliphatic rings. The molecular weight excluding hydrogens is 409 g/mol. The molecule has 5 heterocycles. The van der Waals surface area contributed by atoms with Gasteiger partial charge in [-0.15, -0.1) is 0 Å². The molecule has 0 unspecified atom stereocenters. The van der Waals surface area contributed by atoms with Crippen LogP contribution in [0.4, 0.5) is 0 Å². The minimum atomic E-state index is 0.535. The molecule has 0 aromatic rings. The van der Waals surface area contributed by atoms with E-state index in [-0.39, 0.29) is 0 Å². The molecule has 0 amide bonds. The molecular formula is C16H10ClGaN8. The molecule has 5 rings (SSSR count). The average Bonchev–Trinajstić information content (AvgIpc) is 3.42. The molecule has 0 saturated carbocycles. The van der Waals surface area contributed by atoms with Crippen molar-refractivity contribution in [1.82, 2.24) is 0 Å². The molecule has 0 spiro atoms. The van der Waals surface area contributed by atoms with Crippen LogP contribution in [0.15, 0.2) is 88.5 Å². The van der Waals surface area contributed by atoms with Gasteiger partial charge in [0.2, 0.25) is 0 Å². The monoisotopic (exact) mass is 418 g/mol. The van der Waals surface area contributed by atoms with Gasteiger partial charge in [0.05, 0.1) is 0 Å². The van der Waals surface area contributed by atoms with Gasteiger partial charge in [-0.05, 0) is 48.6 Å². The van der Waals surface area contributed by atoms with E-state index in [1.165, 1.54) is 0 Å². The van der Waals surface area contributed by atoms with E-state index < -0.39 is 0 Å². The van der Waals surface area contributed by atoms with Crippen LogP contribution in [0.3, 0.4) is 0 Å². The van der Waals surface area contributed by atoms with Crippen LogP contribution in [0, 0.1) is 0 Å². The molecule has 0 aromatic heterocycles. The zero-order chi connectivity index (χ0) is 17.9. The van der Waals surface area contributed by atoms with Crippen molar-refractivity contribution in [2.75, 3.05) is 0 Å². The van der Waals surface area contributed by atoms with E-state index in [4.69, 9.17) is 9.64 Å². The normalized spacial score (nSPS) is 29.1.